The second kappa shape index (κ2) is 5.31. The summed E-state index contributed by atoms with van der Waals surface area (Å²) in [4.78, 5) is 1.87. The molecular weight excluding hydrogens is 262 g/mol. The first-order valence-electron chi connectivity index (χ1n) is 6.78. The van der Waals surface area contributed by atoms with Crippen LogP contribution in [0.5, 0.6) is 0 Å². The number of nitrogens with zero attached hydrogens (tertiary/aromatic N) is 1. The molecule has 2 aliphatic rings. The fourth-order valence-corrected chi connectivity index (χ4v) is 2.97. The summed E-state index contributed by atoms with van der Waals surface area (Å²) in [6.45, 7) is 0.263. The van der Waals surface area contributed by atoms with Gasteiger partial charge in [0, 0.05) is 12.2 Å². The van der Waals surface area contributed by atoms with Crippen LogP contribution in [0.4, 0.5) is 5.69 Å². The van der Waals surface area contributed by atoms with Gasteiger partial charge in [0.1, 0.15) is 24.4 Å². The molecule has 0 amide bonds. The highest BCUT2D eigenvalue weighted by Crippen LogP contribution is 2.33. The number of fused-ring (bicyclic) bond motifs is 1. The third-order valence-corrected chi connectivity index (χ3v) is 4.10. The standard InChI is InChI=1S/C14H19NO5/c16-7-10-11(17)12(18)13(19)14(20-10)15-6-5-8-3-1-2-4-9(8)15/h1-4,10-14,16-19H,5-7H2/t10-,11+,12+,13+,14+/m0/s1. The largest absolute Gasteiger partial charge is 0.394 e. The highest BCUT2D eigenvalue weighted by atomic mass is 16.6. The van der Waals surface area contributed by atoms with Crippen molar-refractivity contribution >= 4 is 5.69 Å². The van der Waals surface area contributed by atoms with Gasteiger partial charge in [-0.15, -0.1) is 0 Å². The molecule has 3 rings (SSSR count). The van der Waals surface area contributed by atoms with Crippen LogP contribution in [0.15, 0.2) is 24.3 Å². The van der Waals surface area contributed by atoms with Crippen LogP contribution in [0.3, 0.4) is 0 Å². The van der Waals surface area contributed by atoms with Crippen molar-refractivity contribution in [1.82, 2.24) is 0 Å². The van der Waals surface area contributed by atoms with Crippen LogP contribution in [0.2, 0.25) is 0 Å². The van der Waals surface area contributed by atoms with Gasteiger partial charge in [-0.3, -0.25) is 0 Å². The summed E-state index contributed by atoms with van der Waals surface area (Å²) in [7, 11) is 0. The van der Waals surface area contributed by atoms with Crippen molar-refractivity contribution in [2.45, 2.75) is 37.1 Å². The molecule has 1 aromatic rings. The van der Waals surface area contributed by atoms with E-state index >= 15 is 0 Å². The molecule has 4 N–H and O–H groups in total. The number of anilines is 1. The molecule has 1 aromatic carbocycles. The van der Waals surface area contributed by atoms with Crippen molar-refractivity contribution in [2.75, 3.05) is 18.1 Å². The highest BCUT2D eigenvalue weighted by Gasteiger charge is 2.46. The van der Waals surface area contributed by atoms with Crippen LogP contribution in [-0.4, -0.2) is 64.2 Å². The van der Waals surface area contributed by atoms with Crippen LogP contribution in [-0.2, 0) is 11.2 Å². The third kappa shape index (κ3) is 2.10. The maximum absolute atomic E-state index is 10.1. The average Bonchev–Trinajstić information content (AvgIpc) is 2.89. The van der Waals surface area contributed by atoms with Crippen LogP contribution >= 0.6 is 0 Å². The van der Waals surface area contributed by atoms with Gasteiger partial charge in [-0.2, -0.15) is 0 Å². The zero-order chi connectivity index (χ0) is 14.3. The van der Waals surface area contributed by atoms with Crippen molar-refractivity contribution in [2.24, 2.45) is 0 Å². The molecule has 0 bridgehead atoms. The summed E-state index contributed by atoms with van der Waals surface area (Å²) in [5.74, 6) is 0. The number of rotatable bonds is 2. The zero-order valence-electron chi connectivity index (χ0n) is 11.0. The average molecular weight is 281 g/mol. The van der Waals surface area contributed by atoms with Gasteiger partial charge in [-0.05, 0) is 18.1 Å². The zero-order valence-corrected chi connectivity index (χ0v) is 11.0. The second-order valence-electron chi connectivity index (χ2n) is 5.29. The predicted molar refractivity (Wildman–Crippen MR) is 71.3 cm³/mol. The minimum absolute atomic E-state index is 0.406. The maximum Gasteiger partial charge on any atom is 0.159 e. The SMILES string of the molecule is OC[C@@H]1O[C@@H](N2CCc3ccccc32)[C@H](O)[C@H](O)[C@@H]1O. The van der Waals surface area contributed by atoms with Gasteiger partial charge in [0.15, 0.2) is 6.23 Å². The summed E-state index contributed by atoms with van der Waals surface area (Å²) < 4.78 is 5.59. The summed E-state index contributed by atoms with van der Waals surface area (Å²) in [6.07, 6.45) is -4.67. The lowest BCUT2D eigenvalue weighted by Crippen LogP contribution is -2.63. The molecule has 0 radical (unpaired) electrons. The van der Waals surface area contributed by atoms with Crippen molar-refractivity contribution in [3.8, 4) is 0 Å². The van der Waals surface area contributed by atoms with Gasteiger partial charge in [-0.1, -0.05) is 18.2 Å². The van der Waals surface area contributed by atoms with E-state index in [2.05, 4.69) is 0 Å². The maximum atomic E-state index is 10.1. The lowest BCUT2D eigenvalue weighted by molar-refractivity contribution is -0.228. The van der Waals surface area contributed by atoms with Crippen molar-refractivity contribution in [3.05, 3.63) is 29.8 Å². The summed E-state index contributed by atoms with van der Waals surface area (Å²) in [5, 5.41) is 39.0. The Labute approximate surface area is 116 Å². The first-order chi connectivity index (χ1) is 9.63. The molecule has 5 atom stereocenters. The van der Waals surface area contributed by atoms with E-state index < -0.39 is 37.3 Å². The summed E-state index contributed by atoms with van der Waals surface area (Å²) in [5.41, 5.74) is 2.11. The molecule has 1 saturated heterocycles. The minimum atomic E-state index is -1.33. The Morgan fingerprint density at radius 1 is 1.10 bits per heavy atom. The van der Waals surface area contributed by atoms with E-state index in [1.54, 1.807) is 0 Å². The number of hydrogen-bond donors (Lipinski definition) is 4. The molecule has 2 heterocycles. The van der Waals surface area contributed by atoms with Crippen LogP contribution in [0, 0.1) is 0 Å². The Kier molecular flexibility index (Phi) is 3.66. The Morgan fingerprint density at radius 2 is 1.85 bits per heavy atom. The number of benzene rings is 1. The van der Waals surface area contributed by atoms with Crippen molar-refractivity contribution < 1.29 is 25.2 Å². The topological polar surface area (TPSA) is 93.4 Å². The Balaban J connectivity index is 1.87. The predicted octanol–water partition coefficient (Wildman–Crippen LogP) is -1.15. The molecule has 6 heteroatoms. The monoisotopic (exact) mass is 281 g/mol. The van der Waals surface area contributed by atoms with E-state index in [4.69, 9.17) is 4.74 Å². The first-order valence-corrected chi connectivity index (χ1v) is 6.78. The van der Waals surface area contributed by atoms with Gasteiger partial charge in [-0.25, -0.2) is 0 Å². The second-order valence-corrected chi connectivity index (χ2v) is 5.29. The fourth-order valence-electron chi connectivity index (χ4n) is 2.97. The number of hydrogen-bond acceptors (Lipinski definition) is 6. The highest BCUT2D eigenvalue weighted by molar-refractivity contribution is 5.58. The Bertz CT molecular complexity index is 480. The minimum Gasteiger partial charge on any atom is -0.394 e. The molecule has 1 fully saturated rings. The van der Waals surface area contributed by atoms with Gasteiger partial charge in [0.2, 0.25) is 0 Å². The van der Waals surface area contributed by atoms with Crippen LogP contribution in [0.25, 0.3) is 0 Å². The number of ether oxygens (including phenoxy) is 1. The van der Waals surface area contributed by atoms with Gasteiger partial charge >= 0.3 is 0 Å². The number of aliphatic hydroxyl groups is 4. The molecule has 110 valence electrons. The molecule has 0 aliphatic carbocycles. The van der Waals surface area contributed by atoms with E-state index in [0.29, 0.717) is 6.54 Å². The third-order valence-electron chi connectivity index (χ3n) is 4.10. The molecule has 20 heavy (non-hydrogen) atoms. The van der Waals surface area contributed by atoms with Crippen molar-refractivity contribution in [1.29, 1.82) is 0 Å². The van der Waals surface area contributed by atoms with Crippen LogP contribution < -0.4 is 4.90 Å². The van der Waals surface area contributed by atoms with E-state index in [1.165, 1.54) is 0 Å². The number of aliphatic hydroxyl groups excluding tert-OH is 4. The van der Waals surface area contributed by atoms with Gasteiger partial charge in [0.25, 0.3) is 0 Å². The Hall–Kier alpha value is -1.18. The van der Waals surface area contributed by atoms with Crippen molar-refractivity contribution in [3.63, 3.8) is 0 Å². The molecule has 0 unspecified atom stereocenters. The van der Waals surface area contributed by atoms with E-state index in [1.807, 2.05) is 29.2 Å². The quantitative estimate of drug-likeness (QED) is 0.547. The van der Waals surface area contributed by atoms with E-state index in [-0.39, 0.29) is 0 Å². The summed E-state index contributed by atoms with van der Waals surface area (Å²) >= 11 is 0. The molecule has 6 nitrogen and oxygen atoms in total. The molecule has 0 spiro atoms. The van der Waals surface area contributed by atoms with E-state index in [0.717, 1.165) is 17.7 Å². The molecular formula is C14H19NO5. The lowest BCUT2D eigenvalue weighted by atomic mass is 9.97. The normalized spacial score (nSPS) is 37.0. The molecule has 2 aliphatic heterocycles. The Morgan fingerprint density at radius 3 is 2.60 bits per heavy atom. The lowest BCUT2D eigenvalue weighted by Gasteiger charge is -2.44. The molecule has 0 aromatic heterocycles. The first kappa shape index (κ1) is 13.8. The van der Waals surface area contributed by atoms with Gasteiger partial charge in [0.05, 0.1) is 6.61 Å². The van der Waals surface area contributed by atoms with Gasteiger partial charge < -0.3 is 30.1 Å². The number of para-hydroxylation sites is 1. The van der Waals surface area contributed by atoms with E-state index in [9.17, 15) is 20.4 Å². The van der Waals surface area contributed by atoms with Crippen LogP contribution in [0.1, 0.15) is 5.56 Å². The molecule has 0 saturated carbocycles. The fraction of sp³-hybridized carbons (Fsp3) is 0.571. The smallest absolute Gasteiger partial charge is 0.159 e. The summed E-state index contributed by atoms with van der Waals surface area (Å²) in [6, 6.07) is 7.81.